The maximum Gasteiger partial charge on any atom is 0.277 e. The monoisotopic (exact) mass is 343 g/mol. The Morgan fingerprint density at radius 3 is 2.83 bits per heavy atom. The maximum absolute atomic E-state index is 12.9. The van der Waals surface area contributed by atoms with E-state index in [9.17, 15) is 4.79 Å². The van der Waals surface area contributed by atoms with Gasteiger partial charge in [0.25, 0.3) is 5.91 Å². The van der Waals surface area contributed by atoms with Gasteiger partial charge in [0.05, 0.1) is 18.0 Å². The molecule has 1 saturated carbocycles. The number of carbonyl (C=O) groups excluding carboxylic acids is 1. The number of rotatable bonds is 5. The number of methoxy groups -OCH3 is 1. The van der Waals surface area contributed by atoms with Crippen LogP contribution in [0.15, 0.2) is 29.6 Å². The summed E-state index contributed by atoms with van der Waals surface area (Å²) in [6, 6.07) is 8.20. The molecule has 0 unspecified atom stereocenters. The van der Waals surface area contributed by atoms with Crippen molar-refractivity contribution in [3.8, 4) is 0 Å². The second-order valence-corrected chi connectivity index (χ2v) is 7.34. The first-order chi connectivity index (χ1) is 11.8. The molecule has 2 aliphatic rings. The number of hydrogen-bond donors (Lipinski definition) is 0. The first-order valence-electron chi connectivity index (χ1n) is 8.35. The molecule has 6 heteroatoms. The molecule has 5 nitrogen and oxygen atoms in total. The van der Waals surface area contributed by atoms with Gasteiger partial charge < -0.3 is 14.5 Å². The fourth-order valence-corrected chi connectivity index (χ4v) is 3.91. The first kappa shape index (κ1) is 15.6. The fraction of sp³-hybridized carbons (Fsp3) is 0.444. The van der Waals surface area contributed by atoms with Crippen molar-refractivity contribution in [2.24, 2.45) is 5.92 Å². The summed E-state index contributed by atoms with van der Waals surface area (Å²) in [5.41, 5.74) is 2.67. The highest BCUT2D eigenvalue weighted by Crippen LogP contribution is 2.37. The van der Waals surface area contributed by atoms with E-state index in [-0.39, 0.29) is 5.91 Å². The number of benzene rings is 1. The topological polar surface area (TPSA) is 45.7 Å². The average Bonchev–Trinajstić information content (AvgIpc) is 3.30. The zero-order chi connectivity index (χ0) is 16.5. The molecule has 2 aromatic rings. The summed E-state index contributed by atoms with van der Waals surface area (Å²) in [4.78, 5) is 21.6. The fourth-order valence-electron chi connectivity index (χ4n) is 3.17. The van der Waals surface area contributed by atoms with Gasteiger partial charge in [-0.25, -0.2) is 4.98 Å². The number of aromatic nitrogens is 1. The van der Waals surface area contributed by atoms with Crippen LogP contribution in [-0.2, 0) is 11.3 Å². The SMILES string of the molecule is COCc1nc(C(=O)N2CCN(CC3CC3)c3ccccc32)cs1. The smallest absolute Gasteiger partial charge is 0.277 e. The van der Waals surface area contributed by atoms with Gasteiger partial charge in [-0.2, -0.15) is 0 Å². The molecule has 4 rings (SSSR count). The zero-order valence-corrected chi connectivity index (χ0v) is 14.6. The van der Waals surface area contributed by atoms with Gasteiger partial charge in [0.1, 0.15) is 10.7 Å². The van der Waals surface area contributed by atoms with Crippen LogP contribution in [0.5, 0.6) is 0 Å². The van der Waals surface area contributed by atoms with E-state index in [1.807, 2.05) is 28.5 Å². The van der Waals surface area contributed by atoms with Crippen molar-refractivity contribution < 1.29 is 9.53 Å². The lowest BCUT2D eigenvalue weighted by Crippen LogP contribution is -2.44. The Hall–Kier alpha value is -1.92. The number of fused-ring (bicyclic) bond motifs is 1. The van der Waals surface area contributed by atoms with Crippen molar-refractivity contribution in [1.29, 1.82) is 0 Å². The van der Waals surface area contributed by atoms with Crippen LogP contribution in [0.2, 0.25) is 0 Å². The molecule has 2 heterocycles. The number of para-hydroxylation sites is 2. The number of anilines is 2. The lowest BCUT2D eigenvalue weighted by molar-refractivity contribution is 0.0982. The third kappa shape index (κ3) is 3.03. The molecule has 0 radical (unpaired) electrons. The Bertz CT molecular complexity index is 741. The molecule has 1 aromatic heterocycles. The summed E-state index contributed by atoms with van der Waals surface area (Å²) in [6.45, 7) is 3.14. The summed E-state index contributed by atoms with van der Waals surface area (Å²) in [6.07, 6.45) is 2.67. The number of thiazole rings is 1. The number of amides is 1. The van der Waals surface area contributed by atoms with Crippen LogP contribution in [-0.4, -0.2) is 37.6 Å². The normalized spacial score (nSPS) is 17.0. The highest BCUT2D eigenvalue weighted by atomic mass is 32.1. The van der Waals surface area contributed by atoms with Crippen molar-refractivity contribution >= 4 is 28.6 Å². The lowest BCUT2D eigenvalue weighted by Gasteiger charge is -2.37. The van der Waals surface area contributed by atoms with Gasteiger partial charge in [0.15, 0.2) is 0 Å². The molecule has 0 saturated heterocycles. The van der Waals surface area contributed by atoms with Crippen molar-refractivity contribution in [3.05, 3.63) is 40.3 Å². The van der Waals surface area contributed by atoms with E-state index in [1.165, 1.54) is 24.2 Å². The predicted octanol–water partition coefficient (Wildman–Crippen LogP) is 3.17. The van der Waals surface area contributed by atoms with E-state index in [4.69, 9.17) is 4.74 Å². The van der Waals surface area contributed by atoms with Gasteiger partial charge >= 0.3 is 0 Å². The summed E-state index contributed by atoms with van der Waals surface area (Å²) in [5.74, 6) is 0.808. The number of carbonyl (C=O) groups is 1. The first-order valence-corrected chi connectivity index (χ1v) is 9.23. The highest BCUT2D eigenvalue weighted by molar-refractivity contribution is 7.09. The summed E-state index contributed by atoms with van der Waals surface area (Å²) >= 11 is 1.47. The van der Waals surface area contributed by atoms with Gasteiger partial charge in [-0.15, -0.1) is 11.3 Å². The van der Waals surface area contributed by atoms with E-state index in [0.29, 0.717) is 18.8 Å². The van der Waals surface area contributed by atoms with Crippen LogP contribution in [0.1, 0.15) is 28.3 Å². The van der Waals surface area contributed by atoms with E-state index >= 15 is 0 Å². The largest absolute Gasteiger partial charge is 0.378 e. The molecule has 0 atom stereocenters. The third-order valence-corrected chi connectivity index (χ3v) is 5.39. The van der Waals surface area contributed by atoms with Crippen LogP contribution in [0, 0.1) is 5.92 Å². The van der Waals surface area contributed by atoms with Crippen LogP contribution in [0.3, 0.4) is 0 Å². The Labute approximate surface area is 145 Å². The quantitative estimate of drug-likeness (QED) is 0.836. The molecule has 1 aromatic carbocycles. The second kappa shape index (κ2) is 6.53. The molecular formula is C18H21N3O2S. The average molecular weight is 343 g/mol. The van der Waals surface area contributed by atoms with E-state index < -0.39 is 0 Å². The van der Waals surface area contributed by atoms with Gasteiger partial charge in [-0.1, -0.05) is 12.1 Å². The Morgan fingerprint density at radius 2 is 2.08 bits per heavy atom. The minimum atomic E-state index is -0.0212. The molecule has 1 fully saturated rings. The van der Waals surface area contributed by atoms with Gasteiger partial charge in [0.2, 0.25) is 0 Å². The van der Waals surface area contributed by atoms with Gasteiger partial charge in [-0.05, 0) is 30.9 Å². The standard InChI is InChI=1S/C18H21N3O2S/c1-23-11-17-19-14(12-24-17)18(22)21-9-8-20(10-13-6-7-13)15-4-2-3-5-16(15)21/h2-5,12-13H,6-11H2,1H3. The lowest BCUT2D eigenvalue weighted by atomic mass is 10.1. The minimum absolute atomic E-state index is 0.0212. The maximum atomic E-state index is 12.9. The second-order valence-electron chi connectivity index (χ2n) is 6.39. The van der Waals surface area contributed by atoms with Crippen molar-refractivity contribution in [1.82, 2.24) is 4.98 Å². The Balaban J connectivity index is 1.59. The van der Waals surface area contributed by atoms with Gasteiger partial charge in [-0.3, -0.25) is 4.79 Å². The predicted molar refractivity (Wildman–Crippen MR) is 95.9 cm³/mol. The highest BCUT2D eigenvalue weighted by Gasteiger charge is 2.31. The Morgan fingerprint density at radius 1 is 1.29 bits per heavy atom. The van der Waals surface area contributed by atoms with E-state index in [1.54, 1.807) is 7.11 Å². The molecule has 0 spiro atoms. The third-order valence-electron chi connectivity index (χ3n) is 4.57. The van der Waals surface area contributed by atoms with Crippen LogP contribution in [0.4, 0.5) is 11.4 Å². The molecule has 1 aliphatic carbocycles. The summed E-state index contributed by atoms with van der Waals surface area (Å²) in [5, 5.41) is 2.66. The van der Waals surface area contributed by atoms with Crippen LogP contribution < -0.4 is 9.80 Å². The molecule has 24 heavy (non-hydrogen) atoms. The number of ether oxygens (including phenoxy) is 1. The zero-order valence-electron chi connectivity index (χ0n) is 13.8. The van der Waals surface area contributed by atoms with Crippen molar-refractivity contribution in [2.45, 2.75) is 19.4 Å². The summed E-state index contributed by atoms with van der Waals surface area (Å²) in [7, 11) is 1.64. The number of nitrogens with zero attached hydrogens (tertiary/aromatic N) is 3. The number of hydrogen-bond acceptors (Lipinski definition) is 5. The summed E-state index contributed by atoms with van der Waals surface area (Å²) < 4.78 is 5.10. The molecule has 1 aliphatic heterocycles. The van der Waals surface area contributed by atoms with E-state index in [2.05, 4.69) is 16.0 Å². The van der Waals surface area contributed by atoms with Gasteiger partial charge in [0, 0.05) is 32.1 Å². The molecular weight excluding hydrogens is 322 g/mol. The molecule has 0 bridgehead atoms. The van der Waals surface area contributed by atoms with E-state index in [0.717, 1.165) is 35.4 Å². The molecule has 126 valence electrons. The molecule has 0 N–H and O–H groups in total. The van der Waals surface area contributed by atoms with Crippen molar-refractivity contribution in [2.75, 3.05) is 36.5 Å². The van der Waals surface area contributed by atoms with Crippen molar-refractivity contribution in [3.63, 3.8) is 0 Å². The van der Waals surface area contributed by atoms with Crippen LogP contribution >= 0.6 is 11.3 Å². The Kier molecular flexibility index (Phi) is 4.24. The molecule has 1 amide bonds. The van der Waals surface area contributed by atoms with Crippen LogP contribution in [0.25, 0.3) is 0 Å². The minimum Gasteiger partial charge on any atom is -0.378 e.